The van der Waals surface area contributed by atoms with Gasteiger partial charge in [-0.25, -0.2) is 0 Å². The van der Waals surface area contributed by atoms with Crippen LogP contribution in [0.15, 0.2) is 36.4 Å². The lowest BCUT2D eigenvalue weighted by molar-refractivity contribution is -0.264. The molecule has 0 saturated heterocycles. The predicted molar refractivity (Wildman–Crippen MR) is 103 cm³/mol. The van der Waals surface area contributed by atoms with Crippen LogP contribution in [-0.4, -0.2) is 22.8 Å². The van der Waals surface area contributed by atoms with Crippen LogP contribution in [0.5, 0.6) is 0 Å². The predicted octanol–water partition coefficient (Wildman–Crippen LogP) is 6.16. The van der Waals surface area contributed by atoms with Gasteiger partial charge in [-0.15, -0.1) is 0 Å². The summed E-state index contributed by atoms with van der Waals surface area (Å²) in [6.07, 6.45) is -6.41. The number of rotatable bonds is 5. The zero-order valence-electron chi connectivity index (χ0n) is 14.3. The standard InChI is InChI=1S/C19H15Cl2F3O3.CH4/c1-10-5-12(3-4-16(10)11(2)25)17(26)9-18(27,19(22,23)24)13-6-14(20)8-15(21)7-13;/h3-8,27H,9H2,1-2H3;1H4. The molecular formula is C20H19Cl2F3O3. The van der Waals surface area contributed by atoms with Gasteiger partial charge < -0.3 is 5.11 Å². The number of alkyl halides is 3. The SMILES string of the molecule is C.CC(=O)c1ccc(C(=O)CC(O)(c2cc(Cl)cc(Cl)c2)C(F)(F)F)cc1C. The molecule has 1 unspecified atom stereocenters. The summed E-state index contributed by atoms with van der Waals surface area (Å²) < 4.78 is 40.9. The molecule has 0 aliphatic carbocycles. The Labute approximate surface area is 171 Å². The van der Waals surface area contributed by atoms with Crippen LogP contribution < -0.4 is 0 Å². The molecule has 1 atom stereocenters. The fraction of sp³-hybridized carbons (Fsp3) is 0.300. The van der Waals surface area contributed by atoms with Crippen molar-refractivity contribution in [2.24, 2.45) is 0 Å². The van der Waals surface area contributed by atoms with E-state index in [1.807, 2.05) is 0 Å². The zero-order valence-corrected chi connectivity index (χ0v) is 15.8. The molecule has 0 amide bonds. The summed E-state index contributed by atoms with van der Waals surface area (Å²) in [7, 11) is 0. The highest BCUT2D eigenvalue weighted by Crippen LogP contribution is 2.43. The van der Waals surface area contributed by atoms with E-state index in [2.05, 4.69) is 0 Å². The third kappa shape index (κ3) is 4.93. The van der Waals surface area contributed by atoms with Gasteiger partial charge in [0.15, 0.2) is 17.2 Å². The van der Waals surface area contributed by atoms with E-state index in [9.17, 15) is 27.9 Å². The quantitative estimate of drug-likeness (QED) is 0.572. The van der Waals surface area contributed by atoms with Crippen molar-refractivity contribution < 1.29 is 27.9 Å². The van der Waals surface area contributed by atoms with Crippen molar-refractivity contribution in [3.05, 3.63) is 68.7 Å². The Hall–Kier alpha value is -1.89. The van der Waals surface area contributed by atoms with Gasteiger partial charge in [0.05, 0.1) is 6.42 Å². The lowest BCUT2D eigenvalue weighted by atomic mass is 9.85. The molecule has 3 nitrogen and oxygen atoms in total. The van der Waals surface area contributed by atoms with Gasteiger partial charge in [-0.05, 0) is 49.2 Å². The second kappa shape index (κ2) is 8.64. The topological polar surface area (TPSA) is 54.4 Å². The van der Waals surface area contributed by atoms with Crippen molar-refractivity contribution in [3.63, 3.8) is 0 Å². The molecule has 0 saturated carbocycles. The van der Waals surface area contributed by atoms with E-state index in [4.69, 9.17) is 23.2 Å². The van der Waals surface area contributed by atoms with Gasteiger partial charge in [-0.2, -0.15) is 13.2 Å². The maximum Gasteiger partial charge on any atom is 0.421 e. The maximum atomic E-state index is 13.6. The molecule has 0 aliphatic heterocycles. The van der Waals surface area contributed by atoms with E-state index in [0.717, 1.165) is 12.1 Å². The van der Waals surface area contributed by atoms with E-state index >= 15 is 0 Å². The molecule has 2 aromatic carbocycles. The van der Waals surface area contributed by atoms with Crippen molar-refractivity contribution >= 4 is 34.8 Å². The third-order valence-corrected chi connectivity index (χ3v) is 4.59. The number of benzene rings is 2. The normalized spacial score (nSPS) is 13.4. The van der Waals surface area contributed by atoms with Gasteiger partial charge in [0.1, 0.15) is 0 Å². The number of Topliss-reactive ketones (excluding diaryl/α,β-unsaturated/α-hetero) is 2. The Kier molecular flexibility index (Phi) is 7.45. The zero-order chi connectivity index (χ0) is 20.6. The van der Waals surface area contributed by atoms with Crippen LogP contribution in [0.25, 0.3) is 0 Å². The Bertz CT molecular complexity index is 890. The first-order chi connectivity index (χ1) is 12.3. The molecule has 2 aromatic rings. The molecule has 0 spiro atoms. The molecule has 2 rings (SSSR count). The van der Waals surface area contributed by atoms with Gasteiger partial charge in [0, 0.05) is 21.2 Å². The molecule has 0 heterocycles. The Morgan fingerprint density at radius 2 is 1.57 bits per heavy atom. The highest BCUT2D eigenvalue weighted by atomic mass is 35.5. The summed E-state index contributed by atoms with van der Waals surface area (Å²) >= 11 is 11.5. The Morgan fingerprint density at radius 3 is 2.00 bits per heavy atom. The number of aliphatic hydroxyl groups is 1. The van der Waals surface area contributed by atoms with Crippen molar-refractivity contribution in [3.8, 4) is 0 Å². The number of aryl methyl sites for hydroxylation is 1. The summed E-state index contributed by atoms with van der Waals surface area (Å²) in [5.74, 6) is -1.17. The second-order valence-corrected chi connectivity index (χ2v) is 7.07. The van der Waals surface area contributed by atoms with Gasteiger partial charge in [-0.1, -0.05) is 42.8 Å². The minimum atomic E-state index is -5.15. The first-order valence-corrected chi connectivity index (χ1v) is 8.51. The average Bonchev–Trinajstić information content (AvgIpc) is 2.52. The van der Waals surface area contributed by atoms with Crippen molar-refractivity contribution in [1.82, 2.24) is 0 Å². The lowest BCUT2D eigenvalue weighted by Crippen LogP contribution is -2.44. The minimum absolute atomic E-state index is 0. The lowest BCUT2D eigenvalue weighted by Gasteiger charge is -2.30. The fourth-order valence-corrected chi connectivity index (χ4v) is 3.25. The molecule has 0 bridgehead atoms. The van der Waals surface area contributed by atoms with Crippen LogP contribution in [0.2, 0.25) is 10.0 Å². The first-order valence-electron chi connectivity index (χ1n) is 7.75. The maximum absolute atomic E-state index is 13.6. The van der Waals surface area contributed by atoms with Gasteiger partial charge >= 0.3 is 6.18 Å². The van der Waals surface area contributed by atoms with Crippen LogP contribution >= 0.6 is 23.2 Å². The van der Waals surface area contributed by atoms with Crippen molar-refractivity contribution in [2.45, 2.75) is 39.5 Å². The van der Waals surface area contributed by atoms with Crippen LogP contribution in [0, 0.1) is 6.92 Å². The number of hydrogen-bond acceptors (Lipinski definition) is 3. The molecular weight excluding hydrogens is 416 g/mol. The molecule has 8 heteroatoms. The highest BCUT2D eigenvalue weighted by Gasteiger charge is 2.56. The minimum Gasteiger partial charge on any atom is -0.376 e. The van der Waals surface area contributed by atoms with Crippen LogP contribution in [0.4, 0.5) is 13.2 Å². The molecule has 0 aromatic heterocycles. The monoisotopic (exact) mass is 434 g/mol. The van der Waals surface area contributed by atoms with Gasteiger partial charge in [0.2, 0.25) is 0 Å². The number of halogens is 5. The van der Waals surface area contributed by atoms with E-state index < -0.39 is 29.5 Å². The van der Waals surface area contributed by atoms with Crippen molar-refractivity contribution in [1.29, 1.82) is 0 Å². The summed E-state index contributed by atoms with van der Waals surface area (Å²) in [4.78, 5) is 23.9. The highest BCUT2D eigenvalue weighted by molar-refractivity contribution is 6.34. The molecule has 1 N–H and O–H groups in total. The number of ketones is 2. The van der Waals surface area contributed by atoms with Crippen molar-refractivity contribution in [2.75, 3.05) is 0 Å². The van der Waals surface area contributed by atoms with Gasteiger partial charge in [0.25, 0.3) is 0 Å². The van der Waals surface area contributed by atoms with E-state index in [0.29, 0.717) is 11.1 Å². The Balaban J connectivity index is 0.00000392. The largest absolute Gasteiger partial charge is 0.421 e. The van der Waals surface area contributed by atoms with E-state index in [-0.39, 0.29) is 28.8 Å². The summed E-state index contributed by atoms with van der Waals surface area (Å²) in [5.41, 5.74) is -3.33. The molecule has 0 fully saturated rings. The second-order valence-electron chi connectivity index (χ2n) is 6.20. The first kappa shape index (κ1) is 24.1. The third-order valence-electron chi connectivity index (χ3n) is 4.15. The summed E-state index contributed by atoms with van der Waals surface area (Å²) in [6, 6.07) is 6.99. The fourth-order valence-electron chi connectivity index (χ4n) is 2.73. The molecule has 152 valence electrons. The summed E-state index contributed by atoms with van der Waals surface area (Å²) in [6.45, 7) is 2.91. The van der Waals surface area contributed by atoms with Gasteiger partial charge in [-0.3, -0.25) is 9.59 Å². The summed E-state index contributed by atoms with van der Waals surface area (Å²) in [5, 5.41) is 10.2. The number of carbonyl (C=O) groups is 2. The number of carbonyl (C=O) groups excluding carboxylic acids is 2. The molecule has 28 heavy (non-hydrogen) atoms. The van der Waals surface area contributed by atoms with E-state index in [1.54, 1.807) is 6.92 Å². The van der Waals surface area contributed by atoms with Crippen LogP contribution in [0.1, 0.15) is 52.6 Å². The smallest absolute Gasteiger partial charge is 0.376 e. The number of hydrogen-bond donors (Lipinski definition) is 1. The average molecular weight is 435 g/mol. The molecule has 0 radical (unpaired) electrons. The van der Waals surface area contributed by atoms with Crippen LogP contribution in [-0.2, 0) is 5.60 Å². The molecule has 0 aliphatic rings. The van der Waals surface area contributed by atoms with E-state index in [1.165, 1.54) is 31.2 Å². The van der Waals surface area contributed by atoms with Crippen LogP contribution in [0.3, 0.4) is 0 Å². The Morgan fingerprint density at radius 1 is 1.04 bits per heavy atom.